The van der Waals surface area contributed by atoms with Crippen LogP contribution in [0.4, 0.5) is 0 Å². The van der Waals surface area contributed by atoms with Crippen molar-refractivity contribution in [1.29, 1.82) is 0 Å². The second-order valence-electron chi connectivity index (χ2n) is 5.58. The van der Waals surface area contributed by atoms with Gasteiger partial charge in [-0.25, -0.2) is 5.43 Å². The van der Waals surface area contributed by atoms with Crippen molar-refractivity contribution in [3.8, 4) is 0 Å². The Morgan fingerprint density at radius 3 is 1.81 bits per heavy atom. The Kier molecular flexibility index (Phi) is 7.55. The molecule has 0 fully saturated rings. The van der Waals surface area contributed by atoms with Crippen LogP contribution < -0.4 is 11.2 Å². The lowest BCUT2D eigenvalue weighted by Crippen LogP contribution is -2.27. The van der Waals surface area contributed by atoms with Crippen molar-refractivity contribution in [2.75, 3.05) is 0 Å². The van der Waals surface area contributed by atoms with Crippen molar-refractivity contribution in [3.63, 3.8) is 0 Å². The van der Waals surface area contributed by atoms with Gasteiger partial charge in [-0.15, -0.1) is 5.10 Å². The summed E-state index contributed by atoms with van der Waals surface area (Å²) in [7, 11) is 0. The molecule has 5 heteroatoms. The molecule has 2 aromatic carbocycles. The van der Waals surface area contributed by atoms with Crippen LogP contribution in [0.25, 0.3) is 12.2 Å². The number of nitrogens with one attached hydrogen (secondary N) is 1. The molecule has 132 valence electrons. The van der Waals surface area contributed by atoms with E-state index in [-0.39, 0.29) is 5.96 Å². The standard InChI is InChI=1S/C21H23N5/c1-17(13-15-19-9-5-3-6-10-19)23-25-21(22)26-24-18(2)14-16-20-11-7-4-8-12-20/h3-16H,1-2H3,(H3,22,25,26)/b15-13+,16-14+,23-17+,24-18+. The highest BCUT2D eigenvalue weighted by atomic mass is 15.4. The number of nitrogens with two attached hydrogens (primary N) is 1. The molecule has 0 saturated carbocycles. The number of rotatable bonds is 6. The van der Waals surface area contributed by atoms with Gasteiger partial charge in [-0.2, -0.15) is 10.2 Å². The van der Waals surface area contributed by atoms with E-state index in [1.165, 1.54) is 0 Å². The van der Waals surface area contributed by atoms with Crippen molar-refractivity contribution >= 4 is 29.5 Å². The van der Waals surface area contributed by atoms with Crippen molar-refractivity contribution in [1.82, 2.24) is 5.43 Å². The first-order valence-electron chi connectivity index (χ1n) is 8.28. The summed E-state index contributed by atoms with van der Waals surface area (Å²) in [5.74, 6) is 0.130. The minimum absolute atomic E-state index is 0.130. The van der Waals surface area contributed by atoms with Crippen LogP contribution in [-0.2, 0) is 0 Å². The maximum absolute atomic E-state index is 5.76. The van der Waals surface area contributed by atoms with Crippen LogP contribution >= 0.6 is 0 Å². The minimum Gasteiger partial charge on any atom is -0.367 e. The largest absolute Gasteiger partial charge is 0.367 e. The molecule has 3 N–H and O–H groups in total. The molecule has 0 aromatic heterocycles. The van der Waals surface area contributed by atoms with Crippen LogP contribution in [0.15, 0.2) is 88.1 Å². The topological polar surface area (TPSA) is 75.1 Å². The summed E-state index contributed by atoms with van der Waals surface area (Å²) in [5, 5.41) is 12.1. The zero-order valence-corrected chi connectivity index (χ0v) is 15.0. The van der Waals surface area contributed by atoms with Gasteiger partial charge in [-0.3, -0.25) is 0 Å². The van der Waals surface area contributed by atoms with Gasteiger partial charge in [-0.05, 0) is 37.1 Å². The third-order valence-corrected chi connectivity index (χ3v) is 3.30. The van der Waals surface area contributed by atoms with Crippen LogP contribution in [0, 0.1) is 0 Å². The molecule has 0 atom stereocenters. The Bertz CT molecular complexity index is 831. The van der Waals surface area contributed by atoms with Crippen molar-refractivity contribution in [2.24, 2.45) is 21.0 Å². The Morgan fingerprint density at radius 1 is 0.769 bits per heavy atom. The number of nitrogens with zero attached hydrogens (tertiary/aromatic N) is 3. The van der Waals surface area contributed by atoms with Gasteiger partial charge in [-0.1, -0.05) is 72.8 Å². The molecule has 2 aromatic rings. The Hall–Kier alpha value is -3.47. The molecule has 0 heterocycles. The van der Waals surface area contributed by atoms with Crippen LogP contribution in [-0.4, -0.2) is 17.4 Å². The van der Waals surface area contributed by atoms with Gasteiger partial charge in [0.15, 0.2) is 0 Å². The Labute approximate surface area is 154 Å². The number of benzene rings is 2. The smallest absolute Gasteiger partial charge is 0.234 e. The van der Waals surface area contributed by atoms with E-state index >= 15 is 0 Å². The first-order valence-corrected chi connectivity index (χ1v) is 8.28. The van der Waals surface area contributed by atoms with Crippen molar-refractivity contribution in [3.05, 3.63) is 83.9 Å². The summed E-state index contributed by atoms with van der Waals surface area (Å²) in [5.41, 5.74) is 12.2. The van der Waals surface area contributed by atoms with Crippen molar-refractivity contribution < 1.29 is 0 Å². The molecule has 0 radical (unpaired) electrons. The fourth-order valence-corrected chi connectivity index (χ4v) is 1.93. The van der Waals surface area contributed by atoms with Crippen LogP contribution in [0.1, 0.15) is 25.0 Å². The zero-order chi connectivity index (χ0) is 18.6. The summed E-state index contributed by atoms with van der Waals surface area (Å²) < 4.78 is 0. The van der Waals surface area contributed by atoms with Crippen LogP contribution in [0.3, 0.4) is 0 Å². The Balaban J connectivity index is 1.88. The van der Waals surface area contributed by atoms with Gasteiger partial charge in [0.1, 0.15) is 0 Å². The summed E-state index contributed by atoms with van der Waals surface area (Å²) in [4.78, 5) is 0. The van der Waals surface area contributed by atoms with E-state index in [4.69, 9.17) is 5.73 Å². The molecular formula is C21H23N5. The fourth-order valence-electron chi connectivity index (χ4n) is 1.93. The fraction of sp³-hybridized carbons (Fsp3) is 0.0952. The number of allylic oxidation sites excluding steroid dienone is 2. The van der Waals surface area contributed by atoms with Gasteiger partial charge in [0.25, 0.3) is 0 Å². The lowest BCUT2D eigenvalue weighted by molar-refractivity contribution is 0.985. The Morgan fingerprint density at radius 2 is 1.27 bits per heavy atom. The SMILES string of the molecule is CC(/C=C/c1ccccc1)=N\N=C(N)N/N=C(C)/C=C/c1ccccc1. The molecule has 26 heavy (non-hydrogen) atoms. The molecule has 0 aliphatic heterocycles. The lowest BCUT2D eigenvalue weighted by atomic mass is 10.2. The minimum atomic E-state index is 0.130. The molecule has 5 nitrogen and oxygen atoms in total. The van der Waals surface area contributed by atoms with E-state index in [0.29, 0.717) is 0 Å². The van der Waals surface area contributed by atoms with Crippen molar-refractivity contribution in [2.45, 2.75) is 13.8 Å². The quantitative estimate of drug-likeness (QED) is 0.470. The van der Waals surface area contributed by atoms with Gasteiger partial charge < -0.3 is 5.73 Å². The summed E-state index contributed by atoms with van der Waals surface area (Å²) in [6.45, 7) is 3.73. The number of hydrogen-bond acceptors (Lipinski definition) is 3. The van der Waals surface area contributed by atoms with Crippen LogP contribution in [0.2, 0.25) is 0 Å². The summed E-state index contributed by atoms with van der Waals surface area (Å²) in [6, 6.07) is 20.0. The molecule has 0 amide bonds. The van der Waals surface area contributed by atoms with E-state index in [2.05, 4.69) is 20.7 Å². The van der Waals surface area contributed by atoms with Gasteiger partial charge in [0, 0.05) is 0 Å². The number of guanidine groups is 1. The van der Waals surface area contributed by atoms with E-state index in [9.17, 15) is 0 Å². The average molecular weight is 345 g/mol. The molecule has 0 saturated heterocycles. The number of hydrazone groups is 1. The van der Waals surface area contributed by atoms with Crippen LogP contribution in [0.5, 0.6) is 0 Å². The molecule has 0 bridgehead atoms. The van der Waals surface area contributed by atoms with E-state index < -0.39 is 0 Å². The second kappa shape index (κ2) is 10.4. The normalized spacial score (nSPS) is 13.5. The molecular weight excluding hydrogens is 322 g/mol. The molecule has 0 aliphatic carbocycles. The van der Waals surface area contributed by atoms with Gasteiger partial charge in [0.2, 0.25) is 5.96 Å². The molecule has 2 rings (SSSR count). The summed E-state index contributed by atoms with van der Waals surface area (Å²) >= 11 is 0. The van der Waals surface area contributed by atoms with Gasteiger partial charge in [0.05, 0.1) is 11.4 Å². The average Bonchev–Trinajstić information content (AvgIpc) is 2.69. The predicted octanol–water partition coefficient (Wildman–Crippen LogP) is 4.07. The van der Waals surface area contributed by atoms with E-state index in [0.717, 1.165) is 22.6 Å². The zero-order valence-electron chi connectivity index (χ0n) is 15.0. The molecule has 0 spiro atoms. The van der Waals surface area contributed by atoms with E-state index in [1.807, 2.05) is 98.8 Å². The third-order valence-electron chi connectivity index (χ3n) is 3.30. The molecule has 0 aliphatic rings. The lowest BCUT2D eigenvalue weighted by Gasteiger charge is -1.98. The first-order chi connectivity index (χ1) is 12.6. The maximum atomic E-state index is 5.76. The van der Waals surface area contributed by atoms with Gasteiger partial charge >= 0.3 is 0 Å². The second-order valence-corrected chi connectivity index (χ2v) is 5.58. The predicted molar refractivity (Wildman–Crippen MR) is 112 cm³/mol. The highest BCUT2D eigenvalue weighted by Crippen LogP contribution is 2.02. The number of hydrogen-bond donors (Lipinski definition) is 2. The first kappa shape index (κ1) is 18.9. The molecule has 0 unspecified atom stereocenters. The highest BCUT2D eigenvalue weighted by molar-refractivity contribution is 5.98. The maximum Gasteiger partial charge on any atom is 0.234 e. The highest BCUT2D eigenvalue weighted by Gasteiger charge is 1.90. The summed E-state index contributed by atoms with van der Waals surface area (Å²) in [6.07, 6.45) is 7.72. The monoisotopic (exact) mass is 345 g/mol. The third kappa shape index (κ3) is 7.40. The van der Waals surface area contributed by atoms with E-state index in [1.54, 1.807) is 0 Å².